The molecule has 4 nitrogen and oxygen atoms in total. The molecule has 3 aromatic carbocycles. The number of carbonyl (C=O) groups excluding carboxylic acids is 2. The van der Waals surface area contributed by atoms with E-state index in [-0.39, 0.29) is 0 Å². The zero-order valence-corrected chi connectivity index (χ0v) is 13.6. The number of esters is 2. The number of ether oxygens (including phenoxy) is 2. The van der Waals surface area contributed by atoms with Gasteiger partial charge in [0, 0.05) is 0 Å². The summed E-state index contributed by atoms with van der Waals surface area (Å²) in [5, 5.41) is 0. The molecule has 0 heterocycles. The van der Waals surface area contributed by atoms with Crippen LogP contribution in [0.1, 0.15) is 20.7 Å². The van der Waals surface area contributed by atoms with Gasteiger partial charge >= 0.3 is 11.9 Å². The Morgan fingerprint density at radius 3 is 2.04 bits per heavy atom. The monoisotopic (exact) mass is 332 g/mol. The molecule has 3 rings (SSSR count). The van der Waals surface area contributed by atoms with E-state index in [0.29, 0.717) is 16.9 Å². The van der Waals surface area contributed by atoms with E-state index >= 15 is 0 Å². The summed E-state index contributed by atoms with van der Waals surface area (Å²) in [5.74, 6) is -0.530. The van der Waals surface area contributed by atoms with Crippen molar-refractivity contribution in [3.63, 3.8) is 0 Å². The summed E-state index contributed by atoms with van der Waals surface area (Å²) < 4.78 is 10.1. The van der Waals surface area contributed by atoms with Crippen LogP contribution in [0.5, 0.6) is 5.75 Å². The average molecular weight is 332 g/mol. The zero-order chi connectivity index (χ0) is 17.6. The molecular weight excluding hydrogens is 316 g/mol. The van der Waals surface area contributed by atoms with Gasteiger partial charge in [-0.25, -0.2) is 9.59 Å². The molecule has 0 bridgehead atoms. The molecule has 25 heavy (non-hydrogen) atoms. The van der Waals surface area contributed by atoms with Crippen molar-refractivity contribution in [2.45, 2.75) is 0 Å². The fourth-order valence-electron chi connectivity index (χ4n) is 2.47. The Balaban J connectivity index is 1.84. The molecule has 0 unspecified atom stereocenters. The third-order valence-corrected chi connectivity index (χ3v) is 3.72. The zero-order valence-electron chi connectivity index (χ0n) is 13.6. The van der Waals surface area contributed by atoms with Crippen LogP contribution in [-0.2, 0) is 4.74 Å². The standard InChI is InChI=1S/C21H16O4/c1-24-20(22)16-11-13-17(14-12-16)25-21(23)19-10-6-5-9-18(19)15-7-3-2-4-8-15/h2-14H,1H3. The minimum absolute atomic E-state index is 0.362. The first-order chi connectivity index (χ1) is 12.2. The average Bonchev–Trinajstić information content (AvgIpc) is 2.68. The van der Waals surface area contributed by atoms with Crippen LogP contribution >= 0.6 is 0 Å². The number of rotatable bonds is 4. The van der Waals surface area contributed by atoms with Crippen molar-refractivity contribution < 1.29 is 19.1 Å². The van der Waals surface area contributed by atoms with E-state index in [4.69, 9.17) is 4.74 Å². The summed E-state index contributed by atoms with van der Waals surface area (Å²) in [6, 6.07) is 23.2. The molecule has 0 N–H and O–H groups in total. The molecule has 0 aliphatic carbocycles. The second kappa shape index (κ2) is 7.45. The molecular formula is C21H16O4. The lowest BCUT2D eigenvalue weighted by Gasteiger charge is -2.10. The predicted molar refractivity (Wildman–Crippen MR) is 94.6 cm³/mol. The predicted octanol–water partition coefficient (Wildman–Crippen LogP) is 4.36. The Hall–Kier alpha value is -3.40. The maximum atomic E-state index is 12.6. The Kier molecular flexibility index (Phi) is 4.90. The quantitative estimate of drug-likeness (QED) is 0.526. The lowest BCUT2D eigenvalue weighted by molar-refractivity contribution is 0.0600. The van der Waals surface area contributed by atoms with Crippen molar-refractivity contribution in [2.24, 2.45) is 0 Å². The van der Waals surface area contributed by atoms with Gasteiger partial charge in [-0.15, -0.1) is 0 Å². The highest BCUT2D eigenvalue weighted by Crippen LogP contribution is 2.25. The van der Waals surface area contributed by atoms with Gasteiger partial charge < -0.3 is 9.47 Å². The molecule has 0 aliphatic heterocycles. The first kappa shape index (κ1) is 16.5. The SMILES string of the molecule is COC(=O)c1ccc(OC(=O)c2ccccc2-c2ccccc2)cc1. The smallest absolute Gasteiger partial charge is 0.344 e. The molecule has 0 saturated heterocycles. The highest BCUT2D eigenvalue weighted by Gasteiger charge is 2.15. The molecule has 0 saturated carbocycles. The topological polar surface area (TPSA) is 52.6 Å². The lowest BCUT2D eigenvalue weighted by Crippen LogP contribution is -2.10. The van der Waals surface area contributed by atoms with Crippen LogP contribution in [0.4, 0.5) is 0 Å². The molecule has 0 fully saturated rings. The van der Waals surface area contributed by atoms with Crippen LogP contribution in [0, 0.1) is 0 Å². The summed E-state index contributed by atoms with van der Waals surface area (Å²) in [7, 11) is 1.32. The van der Waals surface area contributed by atoms with Crippen molar-refractivity contribution in [3.8, 4) is 16.9 Å². The van der Waals surface area contributed by atoms with Crippen LogP contribution in [0.2, 0.25) is 0 Å². The van der Waals surface area contributed by atoms with E-state index in [2.05, 4.69) is 4.74 Å². The van der Waals surface area contributed by atoms with Gasteiger partial charge in [0.1, 0.15) is 5.75 Å². The molecule has 3 aromatic rings. The second-order valence-corrected chi connectivity index (χ2v) is 5.32. The Morgan fingerprint density at radius 2 is 1.36 bits per heavy atom. The Bertz CT molecular complexity index is 883. The molecule has 0 aliphatic rings. The van der Waals surface area contributed by atoms with Crippen LogP contribution in [0.15, 0.2) is 78.9 Å². The van der Waals surface area contributed by atoms with Gasteiger partial charge in [0.25, 0.3) is 0 Å². The summed E-state index contributed by atoms with van der Waals surface area (Å²) in [6.07, 6.45) is 0. The number of hydrogen-bond acceptors (Lipinski definition) is 4. The van der Waals surface area contributed by atoms with Gasteiger partial charge in [-0.05, 0) is 41.5 Å². The lowest BCUT2D eigenvalue weighted by atomic mass is 10.00. The van der Waals surface area contributed by atoms with Crippen molar-refractivity contribution in [2.75, 3.05) is 7.11 Å². The van der Waals surface area contributed by atoms with Gasteiger partial charge in [-0.1, -0.05) is 48.5 Å². The molecule has 0 radical (unpaired) electrons. The van der Waals surface area contributed by atoms with Gasteiger partial charge in [0.05, 0.1) is 18.2 Å². The molecule has 4 heteroatoms. The number of hydrogen-bond donors (Lipinski definition) is 0. The first-order valence-electron chi connectivity index (χ1n) is 7.74. The number of carbonyl (C=O) groups is 2. The third-order valence-electron chi connectivity index (χ3n) is 3.72. The highest BCUT2D eigenvalue weighted by atomic mass is 16.5. The fourth-order valence-corrected chi connectivity index (χ4v) is 2.47. The van der Waals surface area contributed by atoms with Crippen molar-refractivity contribution in [1.29, 1.82) is 0 Å². The maximum Gasteiger partial charge on any atom is 0.344 e. The van der Waals surface area contributed by atoms with Crippen LogP contribution < -0.4 is 4.74 Å². The van der Waals surface area contributed by atoms with Gasteiger partial charge in [-0.3, -0.25) is 0 Å². The van der Waals surface area contributed by atoms with E-state index in [1.165, 1.54) is 7.11 Å². The summed E-state index contributed by atoms with van der Waals surface area (Å²) in [6.45, 7) is 0. The minimum atomic E-state index is -0.453. The van der Waals surface area contributed by atoms with E-state index in [1.807, 2.05) is 42.5 Å². The van der Waals surface area contributed by atoms with Crippen molar-refractivity contribution >= 4 is 11.9 Å². The third kappa shape index (κ3) is 3.75. The normalized spacial score (nSPS) is 10.1. The largest absolute Gasteiger partial charge is 0.465 e. The molecule has 124 valence electrons. The Labute approximate surface area is 145 Å². The van der Waals surface area contributed by atoms with E-state index < -0.39 is 11.9 Å². The van der Waals surface area contributed by atoms with Crippen LogP contribution in [-0.4, -0.2) is 19.0 Å². The van der Waals surface area contributed by atoms with E-state index in [9.17, 15) is 9.59 Å². The van der Waals surface area contributed by atoms with Gasteiger partial charge in [0.15, 0.2) is 0 Å². The summed E-state index contributed by atoms with van der Waals surface area (Å²) >= 11 is 0. The van der Waals surface area contributed by atoms with Crippen LogP contribution in [0.3, 0.4) is 0 Å². The number of benzene rings is 3. The van der Waals surface area contributed by atoms with E-state index in [0.717, 1.165) is 11.1 Å². The van der Waals surface area contributed by atoms with Crippen LogP contribution in [0.25, 0.3) is 11.1 Å². The molecule has 0 atom stereocenters. The maximum absolute atomic E-state index is 12.6. The first-order valence-corrected chi connectivity index (χ1v) is 7.74. The van der Waals surface area contributed by atoms with Crippen molar-refractivity contribution in [1.82, 2.24) is 0 Å². The minimum Gasteiger partial charge on any atom is -0.465 e. The molecule has 0 amide bonds. The Morgan fingerprint density at radius 1 is 0.720 bits per heavy atom. The molecule has 0 spiro atoms. The van der Waals surface area contributed by atoms with E-state index in [1.54, 1.807) is 36.4 Å². The fraction of sp³-hybridized carbons (Fsp3) is 0.0476. The van der Waals surface area contributed by atoms with Gasteiger partial charge in [-0.2, -0.15) is 0 Å². The van der Waals surface area contributed by atoms with Gasteiger partial charge in [0.2, 0.25) is 0 Å². The highest BCUT2D eigenvalue weighted by molar-refractivity contribution is 5.98. The number of methoxy groups -OCH3 is 1. The van der Waals surface area contributed by atoms with Crippen molar-refractivity contribution in [3.05, 3.63) is 90.0 Å². The second-order valence-electron chi connectivity index (χ2n) is 5.32. The molecule has 0 aromatic heterocycles. The summed E-state index contributed by atoms with van der Waals surface area (Å²) in [4.78, 5) is 24.0. The summed E-state index contributed by atoms with van der Waals surface area (Å²) in [5.41, 5.74) is 2.62.